The van der Waals surface area contributed by atoms with Crippen LogP contribution in [0, 0.1) is 0 Å². The van der Waals surface area contributed by atoms with Gasteiger partial charge in [0.1, 0.15) is 24.7 Å². The first kappa shape index (κ1) is 29.0. The highest BCUT2D eigenvalue weighted by Gasteiger charge is 2.12. The third-order valence-electron chi connectivity index (χ3n) is 8.01. The van der Waals surface area contributed by atoms with Gasteiger partial charge in [0.05, 0.1) is 0 Å². The van der Waals surface area contributed by atoms with E-state index in [4.69, 9.17) is 9.47 Å². The molecule has 0 saturated carbocycles. The lowest BCUT2D eigenvalue weighted by atomic mass is 9.89. The van der Waals surface area contributed by atoms with E-state index in [-0.39, 0.29) is 0 Å². The van der Waals surface area contributed by atoms with Crippen LogP contribution in [-0.2, 0) is 38.9 Å². The van der Waals surface area contributed by atoms with E-state index < -0.39 is 0 Å². The number of rotatable bonds is 13. The molecule has 6 aromatic rings. The van der Waals surface area contributed by atoms with Crippen LogP contribution in [0.5, 0.6) is 11.5 Å². The lowest BCUT2D eigenvalue weighted by Crippen LogP contribution is -2.01. The summed E-state index contributed by atoms with van der Waals surface area (Å²) in [4.78, 5) is 0. The maximum atomic E-state index is 6.00. The molecule has 2 heteroatoms. The molecule has 0 atom stereocenters. The number of benzene rings is 6. The van der Waals surface area contributed by atoms with Crippen LogP contribution in [0.15, 0.2) is 158 Å². The monoisotopic (exact) mass is 574 g/mol. The second-order valence-electron chi connectivity index (χ2n) is 11.2. The summed E-state index contributed by atoms with van der Waals surface area (Å²) in [5, 5.41) is 0. The van der Waals surface area contributed by atoms with Gasteiger partial charge in [-0.05, 0) is 94.5 Å². The van der Waals surface area contributed by atoms with Crippen molar-refractivity contribution in [3.63, 3.8) is 0 Å². The Labute approximate surface area is 261 Å². The Kier molecular flexibility index (Phi) is 9.82. The number of hydrogen-bond donors (Lipinski definition) is 0. The van der Waals surface area contributed by atoms with Crippen LogP contribution in [0.4, 0.5) is 0 Å². The zero-order valence-electron chi connectivity index (χ0n) is 25.1. The molecule has 2 nitrogen and oxygen atoms in total. The van der Waals surface area contributed by atoms with E-state index >= 15 is 0 Å². The summed E-state index contributed by atoms with van der Waals surface area (Å²) in [5.74, 6) is 1.81. The standard InChI is InChI=1S/C42H38O2/c1-4-11-35(12-5-1)31-43-40-27-21-33(22-28-40)19-25-38-17-10-18-39(42(38)37-15-8-3-9-16-37)26-20-34-23-29-41(30-24-34)44-32-36-13-6-2-7-14-36/h1-18,21-24,27-30H,19-20,25-26,31-32H2. The van der Waals surface area contributed by atoms with Crippen LogP contribution in [0.1, 0.15) is 33.4 Å². The van der Waals surface area contributed by atoms with Gasteiger partial charge in [-0.25, -0.2) is 0 Å². The second kappa shape index (κ2) is 14.9. The van der Waals surface area contributed by atoms with Gasteiger partial charge in [0.2, 0.25) is 0 Å². The first-order valence-corrected chi connectivity index (χ1v) is 15.5. The summed E-state index contributed by atoms with van der Waals surface area (Å²) in [6.07, 6.45) is 3.92. The summed E-state index contributed by atoms with van der Waals surface area (Å²) in [6.45, 7) is 1.17. The number of hydrogen-bond acceptors (Lipinski definition) is 2. The van der Waals surface area contributed by atoms with Crippen molar-refractivity contribution < 1.29 is 9.47 Å². The molecule has 218 valence electrons. The smallest absolute Gasteiger partial charge is 0.119 e. The van der Waals surface area contributed by atoms with Crippen molar-refractivity contribution in [1.82, 2.24) is 0 Å². The molecule has 0 bridgehead atoms. The van der Waals surface area contributed by atoms with Gasteiger partial charge in [0, 0.05) is 0 Å². The maximum Gasteiger partial charge on any atom is 0.119 e. The van der Waals surface area contributed by atoms with Crippen molar-refractivity contribution in [1.29, 1.82) is 0 Å². The molecule has 0 aromatic heterocycles. The fourth-order valence-corrected chi connectivity index (χ4v) is 5.59. The van der Waals surface area contributed by atoms with Crippen LogP contribution in [0.3, 0.4) is 0 Å². The summed E-state index contributed by atoms with van der Waals surface area (Å²) in [5.41, 5.74) is 10.4. The fourth-order valence-electron chi connectivity index (χ4n) is 5.59. The zero-order chi connectivity index (χ0) is 29.8. The van der Waals surface area contributed by atoms with E-state index in [1.165, 1.54) is 44.5 Å². The average Bonchev–Trinajstić information content (AvgIpc) is 3.10. The van der Waals surface area contributed by atoms with Crippen molar-refractivity contribution in [3.05, 3.63) is 191 Å². The Hall–Kier alpha value is -5.08. The van der Waals surface area contributed by atoms with Crippen molar-refractivity contribution in [3.8, 4) is 22.6 Å². The molecule has 0 aliphatic heterocycles. The fraction of sp³-hybridized carbons (Fsp3) is 0.143. The highest BCUT2D eigenvalue weighted by molar-refractivity contribution is 5.71. The molecular weight excluding hydrogens is 536 g/mol. The van der Waals surface area contributed by atoms with E-state index in [1.807, 2.05) is 36.4 Å². The summed E-state index contributed by atoms with van der Waals surface area (Å²) in [7, 11) is 0. The topological polar surface area (TPSA) is 18.5 Å². The molecule has 44 heavy (non-hydrogen) atoms. The quantitative estimate of drug-likeness (QED) is 0.137. The molecule has 0 fully saturated rings. The van der Waals surface area contributed by atoms with Gasteiger partial charge in [-0.3, -0.25) is 0 Å². The molecule has 6 aromatic carbocycles. The van der Waals surface area contributed by atoms with Crippen LogP contribution < -0.4 is 9.47 Å². The van der Waals surface area contributed by atoms with Gasteiger partial charge in [0.15, 0.2) is 0 Å². The van der Waals surface area contributed by atoms with Crippen LogP contribution in [0.25, 0.3) is 11.1 Å². The minimum absolute atomic E-state index is 0.583. The Morgan fingerprint density at radius 3 is 1.16 bits per heavy atom. The summed E-state index contributed by atoms with van der Waals surface area (Å²) in [6, 6.07) is 55.4. The second-order valence-corrected chi connectivity index (χ2v) is 11.2. The Morgan fingerprint density at radius 2 is 0.727 bits per heavy atom. The van der Waals surface area contributed by atoms with Gasteiger partial charge >= 0.3 is 0 Å². The molecule has 0 amide bonds. The predicted molar refractivity (Wildman–Crippen MR) is 181 cm³/mol. The molecule has 0 heterocycles. The third-order valence-corrected chi connectivity index (χ3v) is 8.01. The minimum atomic E-state index is 0.583. The van der Waals surface area contributed by atoms with Gasteiger partial charge in [0.25, 0.3) is 0 Å². The summed E-state index contributed by atoms with van der Waals surface area (Å²) >= 11 is 0. The minimum Gasteiger partial charge on any atom is -0.489 e. The molecule has 0 unspecified atom stereocenters. The zero-order valence-corrected chi connectivity index (χ0v) is 25.1. The molecule has 0 radical (unpaired) electrons. The van der Waals surface area contributed by atoms with Crippen molar-refractivity contribution in [2.24, 2.45) is 0 Å². The maximum absolute atomic E-state index is 6.00. The molecule has 0 aliphatic carbocycles. The van der Waals surface area contributed by atoms with Gasteiger partial charge < -0.3 is 9.47 Å². The van der Waals surface area contributed by atoms with E-state index in [9.17, 15) is 0 Å². The third kappa shape index (κ3) is 8.05. The van der Waals surface area contributed by atoms with Crippen molar-refractivity contribution >= 4 is 0 Å². The highest BCUT2D eigenvalue weighted by atomic mass is 16.5. The van der Waals surface area contributed by atoms with Gasteiger partial charge in [-0.2, -0.15) is 0 Å². The van der Waals surface area contributed by atoms with Gasteiger partial charge in [-0.1, -0.05) is 133 Å². The van der Waals surface area contributed by atoms with Crippen molar-refractivity contribution in [2.75, 3.05) is 0 Å². The van der Waals surface area contributed by atoms with Crippen LogP contribution in [-0.4, -0.2) is 0 Å². The van der Waals surface area contributed by atoms with E-state index in [0.717, 1.165) is 37.2 Å². The first-order chi connectivity index (χ1) is 21.8. The molecule has 0 aliphatic rings. The van der Waals surface area contributed by atoms with Crippen LogP contribution in [0.2, 0.25) is 0 Å². The SMILES string of the molecule is c1ccc(COc2ccc(CCc3cccc(CCc4ccc(OCc5ccccc5)cc4)c3-c3ccccc3)cc2)cc1. The van der Waals surface area contributed by atoms with Gasteiger partial charge in [-0.15, -0.1) is 0 Å². The molecular formula is C42H38O2. The Bertz CT molecular complexity index is 1600. The normalized spacial score (nSPS) is 10.8. The Balaban J connectivity index is 1.10. The molecule has 0 spiro atoms. The molecule has 0 N–H and O–H groups in total. The van der Waals surface area contributed by atoms with Crippen molar-refractivity contribution in [2.45, 2.75) is 38.9 Å². The average molecular weight is 575 g/mol. The van der Waals surface area contributed by atoms with E-state index in [0.29, 0.717) is 13.2 Å². The van der Waals surface area contributed by atoms with Crippen LogP contribution >= 0.6 is 0 Å². The number of aryl methyl sites for hydroxylation is 4. The molecule has 0 saturated heterocycles. The highest BCUT2D eigenvalue weighted by Crippen LogP contribution is 2.30. The largest absolute Gasteiger partial charge is 0.489 e. The Morgan fingerprint density at radius 1 is 0.318 bits per heavy atom. The van der Waals surface area contributed by atoms with E-state index in [1.54, 1.807) is 0 Å². The van der Waals surface area contributed by atoms with E-state index in [2.05, 4.69) is 121 Å². The molecule has 6 rings (SSSR count). The predicted octanol–water partition coefficient (Wildman–Crippen LogP) is 10.1. The lowest BCUT2D eigenvalue weighted by Gasteiger charge is -2.16. The first-order valence-electron chi connectivity index (χ1n) is 15.5. The lowest BCUT2D eigenvalue weighted by molar-refractivity contribution is 0.306. The summed E-state index contributed by atoms with van der Waals surface area (Å²) < 4.78 is 12.0. The number of ether oxygens (including phenoxy) is 2.